The lowest BCUT2D eigenvalue weighted by molar-refractivity contribution is 0.0836. The van der Waals surface area contributed by atoms with E-state index in [1.165, 1.54) is 12.7 Å². The molecule has 1 saturated heterocycles. The Kier molecular flexibility index (Phi) is 8.85. The standard InChI is InChI=1S/C16H22N6OS.C6H13NO2S/c1-24(2,3)8-7-23-11-22-16-14(10-20-22)21-13(9-19-16)12-5-4-6-18-15(12)17;1-10(8,9)7-5-3-2-4-6-7/h4-6,9-10H,7-8,11H2,1-3H3,(H2,17,18);2-6H2,1H3. The van der Waals surface area contributed by atoms with Crippen LogP contribution in [0, 0.1) is 0 Å². The van der Waals surface area contributed by atoms with Crippen LogP contribution in [0.1, 0.15) is 19.3 Å². The molecule has 1 aliphatic rings. The van der Waals surface area contributed by atoms with Gasteiger partial charge in [0, 0.05) is 30.6 Å². The number of aromatic nitrogens is 5. The lowest BCUT2D eigenvalue weighted by Gasteiger charge is -2.24. The fourth-order valence-electron chi connectivity index (χ4n) is 3.38. The van der Waals surface area contributed by atoms with E-state index in [4.69, 9.17) is 10.5 Å². The number of rotatable bonds is 7. The minimum absolute atomic E-state index is 0.377. The Labute approximate surface area is 203 Å². The molecule has 0 aliphatic carbocycles. The SMILES string of the molecule is CS(=O)(=O)N1CCCCC1.CS(C)(C)CCOCn1ncc2nc(-c3cccnc3N)cnc21. The van der Waals surface area contributed by atoms with Crippen molar-refractivity contribution in [1.29, 1.82) is 0 Å². The van der Waals surface area contributed by atoms with Gasteiger partial charge in [0.1, 0.15) is 18.1 Å². The zero-order valence-electron chi connectivity index (χ0n) is 20.3. The van der Waals surface area contributed by atoms with Gasteiger partial charge in [-0.15, -0.1) is 0 Å². The van der Waals surface area contributed by atoms with Gasteiger partial charge in [0.25, 0.3) is 0 Å². The molecule has 0 amide bonds. The van der Waals surface area contributed by atoms with E-state index >= 15 is 0 Å². The molecule has 3 aromatic rings. The molecular formula is C22H35N7O3S2. The molecule has 0 saturated carbocycles. The van der Waals surface area contributed by atoms with Gasteiger partial charge in [-0.1, -0.05) is 6.42 Å². The summed E-state index contributed by atoms with van der Waals surface area (Å²) in [6.07, 6.45) is 16.3. The van der Waals surface area contributed by atoms with Crippen LogP contribution in [0.5, 0.6) is 0 Å². The van der Waals surface area contributed by atoms with Gasteiger partial charge < -0.3 is 10.5 Å². The first-order valence-corrected chi connectivity index (χ1v) is 16.0. The van der Waals surface area contributed by atoms with Crippen molar-refractivity contribution < 1.29 is 13.2 Å². The Morgan fingerprint density at radius 1 is 1.06 bits per heavy atom. The highest BCUT2D eigenvalue weighted by Crippen LogP contribution is 2.33. The molecule has 2 N–H and O–H groups in total. The van der Waals surface area contributed by atoms with Crippen LogP contribution < -0.4 is 5.73 Å². The van der Waals surface area contributed by atoms with Crippen molar-refractivity contribution in [2.24, 2.45) is 0 Å². The lowest BCUT2D eigenvalue weighted by atomic mass is 10.2. The second-order valence-corrected chi connectivity index (χ2v) is 15.7. The summed E-state index contributed by atoms with van der Waals surface area (Å²) >= 11 is 0. The van der Waals surface area contributed by atoms with Crippen molar-refractivity contribution in [3.8, 4) is 11.3 Å². The smallest absolute Gasteiger partial charge is 0.211 e. The third kappa shape index (κ3) is 7.62. The summed E-state index contributed by atoms with van der Waals surface area (Å²) < 4.78 is 30.8. The Hall–Kier alpha value is -2.28. The first-order valence-electron chi connectivity index (χ1n) is 11.1. The van der Waals surface area contributed by atoms with Crippen molar-refractivity contribution in [2.45, 2.75) is 26.0 Å². The maximum absolute atomic E-state index is 10.9. The van der Waals surface area contributed by atoms with Crippen molar-refractivity contribution in [3.63, 3.8) is 0 Å². The first kappa shape index (κ1) is 26.3. The highest BCUT2D eigenvalue weighted by Gasteiger charge is 2.18. The number of hydrogen-bond acceptors (Lipinski definition) is 8. The first-order chi connectivity index (χ1) is 16.0. The molecule has 4 heterocycles. The Bertz CT molecular complexity index is 1190. The Morgan fingerprint density at radius 2 is 1.79 bits per heavy atom. The van der Waals surface area contributed by atoms with E-state index in [9.17, 15) is 8.42 Å². The fraction of sp³-hybridized carbons (Fsp3) is 0.545. The molecule has 0 aromatic carbocycles. The quantitative estimate of drug-likeness (QED) is 0.481. The average molecular weight is 510 g/mol. The molecular weight excluding hydrogens is 474 g/mol. The maximum atomic E-state index is 10.9. The van der Waals surface area contributed by atoms with E-state index in [1.807, 2.05) is 12.1 Å². The zero-order chi connectivity index (χ0) is 24.8. The molecule has 1 fully saturated rings. The number of pyridine rings is 1. The van der Waals surface area contributed by atoms with Crippen LogP contribution in [0.4, 0.5) is 5.82 Å². The Morgan fingerprint density at radius 3 is 2.41 bits per heavy atom. The van der Waals surface area contributed by atoms with E-state index in [0.29, 0.717) is 29.4 Å². The van der Waals surface area contributed by atoms with Gasteiger partial charge in [-0.05, 0) is 43.7 Å². The van der Waals surface area contributed by atoms with E-state index in [1.54, 1.807) is 27.6 Å². The van der Waals surface area contributed by atoms with Gasteiger partial charge in [0.05, 0.1) is 31.0 Å². The van der Waals surface area contributed by atoms with Crippen LogP contribution in [0.25, 0.3) is 22.4 Å². The number of piperidine rings is 1. The van der Waals surface area contributed by atoms with E-state index < -0.39 is 20.1 Å². The summed E-state index contributed by atoms with van der Waals surface area (Å²) in [4.78, 5) is 13.1. The highest BCUT2D eigenvalue weighted by molar-refractivity contribution is 8.32. The van der Waals surface area contributed by atoms with Crippen LogP contribution in [0.3, 0.4) is 0 Å². The molecule has 34 heavy (non-hydrogen) atoms. The third-order valence-corrected chi connectivity index (χ3v) is 7.99. The molecule has 0 atom stereocenters. The zero-order valence-corrected chi connectivity index (χ0v) is 22.0. The molecule has 0 bridgehead atoms. The molecule has 1 aliphatic heterocycles. The number of nitrogens with two attached hydrogens (primary N) is 1. The summed E-state index contributed by atoms with van der Waals surface area (Å²) in [5.41, 5.74) is 8.76. The van der Waals surface area contributed by atoms with Crippen LogP contribution in [0.15, 0.2) is 30.7 Å². The molecule has 0 unspecified atom stereocenters. The van der Waals surface area contributed by atoms with Gasteiger partial charge in [-0.25, -0.2) is 42.4 Å². The van der Waals surface area contributed by atoms with Gasteiger partial charge in [0.2, 0.25) is 10.0 Å². The number of fused-ring (bicyclic) bond motifs is 1. The molecule has 0 radical (unpaired) electrons. The van der Waals surface area contributed by atoms with Crippen LogP contribution in [-0.2, 0) is 21.5 Å². The number of hydrogen-bond donors (Lipinski definition) is 1. The van der Waals surface area contributed by atoms with Gasteiger partial charge in [-0.3, -0.25) is 0 Å². The monoisotopic (exact) mass is 509 g/mol. The predicted octanol–water partition coefficient (Wildman–Crippen LogP) is 2.57. The second-order valence-electron chi connectivity index (χ2n) is 9.10. The normalized spacial score (nSPS) is 15.6. The summed E-state index contributed by atoms with van der Waals surface area (Å²) in [5.74, 6) is 1.51. The maximum Gasteiger partial charge on any atom is 0.211 e. The predicted molar refractivity (Wildman–Crippen MR) is 139 cm³/mol. The third-order valence-electron chi connectivity index (χ3n) is 5.30. The van der Waals surface area contributed by atoms with Gasteiger partial charge in [-0.2, -0.15) is 5.10 Å². The molecule has 188 valence electrons. The van der Waals surface area contributed by atoms with Crippen molar-refractivity contribution in [3.05, 3.63) is 30.7 Å². The highest BCUT2D eigenvalue weighted by atomic mass is 32.3. The fourth-order valence-corrected chi connectivity index (χ4v) is 4.92. The molecule has 0 spiro atoms. The van der Waals surface area contributed by atoms with Gasteiger partial charge >= 0.3 is 0 Å². The summed E-state index contributed by atoms with van der Waals surface area (Å²) in [6, 6.07) is 3.70. The van der Waals surface area contributed by atoms with Crippen molar-refractivity contribution in [1.82, 2.24) is 29.0 Å². The topological polar surface area (TPSA) is 129 Å². The second kappa shape index (κ2) is 11.4. The minimum atomic E-state index is -2.89. The van der Waals surface area contributed by atoms with Crippen LogP contribution in [-0.4, -0.2) is 87.9 Å². The van der Waals surface area contributed by atoms with Gasteiger partial charge in [0.15, 0.2) is 5.65 Å². The van der Waals surface area contributed by atoms with Crippen LogP contribution in [0.2, 0.25) is 0 Å². The number of nitrogen functional groups attached to an aromatic ring is 1. The molecule has 12 heteroatoms. The van der Waals surface area contributed by atoms with Crippen molar-refractivity contribution >= 4 is 37.0 Å². The number of sulfonamides is 1. The largest absolute Gasteiger partial charge is 0.383 e. The Balaban J connectivity index is 0.000000271. The summed E-state index contributed by atoms with van der Waals surface area (Å²) in [5, 5.41) is 4.31. The number of ether oxygens (including phenoxy) is 1. The molecule has 3 aromatic heterocycles. The summed E-state index contributed by atoms with van der Waals surface area (Å²) in [7, 11) is -3.44. The van der Waals surface area contributed by atoms with Crippen LogP contribution >= 0.6 is 10.0 Å². The number of nitrogens with zero attached hydrogens (tertiary/aromatic N) is 6. The average Bonchev–Trinajstić information content (AvgIpc) is 3.19. The minimum Gasteiger partial charge on any atom is -0.383 e. The van der Waals surface area contributed by atoms with E-state index in [2.05, 4.69) is 38.8 Å². The van der Waals surface area contributed by atoms with E-state index in [0.717, 1.165) is 43.9 Å². The lowest BCUT2D eigenvalue weighted by Crippen LogP contribution is -2.34. The molecule has 4 rings (SSSR count). The number of anilines is 1. The van der Waals surface area contributed by atoms with E-state index in [-0.39, 0.29) is 0 Å². The molecule has 10 nitrogen and oxygen atoms in total. The van der Waals surface area contributed by atoms with Crippen molar-refractivity contribution in [2.75, 3.05) is 56.2 Å². The summed E-state index contributed by atoms with van der Waals surface area (Å²) in [6.45, 7) is 2.54.